The normalized spacial score (nSPS) is 19.2. The molecule has 0 aliphatic carbocycles. The van der Waals surface area contributed by atoms with Crippen molar-refractivity contribution in [2.24, 2.45) is 7.05 Å². The molecule has 0 radical (unpaired) electrons. The maximum Gasteiger partial charge on any atom is 0.256 e. The summed E-state index contributed by atoms with van der Waals surface area (Å²) in [7, 11) is 1.95. The molecule has 1 atom stereocenters. The van der Waals surface area contributed by atoms with E-state index in [0.717, 1.165) is 29.4 Å². The van der Waals surface area contributed by atoms with Gasteiger partial charge in [-0.3, -0.25) is 19.1 Å². The Morgan fingerprint density at radius 2 is 2.07 bits per heavy atom. The van der Waals surface area contributed by atoms with Gasteiger partial charge in [0.1, 0.15) is 0 Å². The Hall–Kier alpha value is -3.13. The molecule has 0 N–H and O–H groups in total. The number of aromatic nitrogens is 3. The lowest BCUT2D eigenvalue weighted by Crippen LogP contribution is -2.44. The number of carbonyl (C=O) groups is 2. The first-order chi connectivity index (χ1) is 14.6. The topological polar surface area (TPSA) is 72.6 Å². The largest absolute Gasteiger partial charge is 0.350 e. The van der Waals surface area contributed by atoms with Crippen molar-refractivity contribution < 1.29 is 14.4 Å². The minimum absolute atomic E-state index is 0.0223. The second-order valence-electron chi connectivity index (χ2n) is 8.02. The summed E-state index contributed by atoms with van der Waals surface area (Å²) in [6, 6.07) is 9.62. The van der Waals surface area contributed by atoms with Crippen LogP contribution in [0.15, 0.2) is 42.7 Å². The van der Waals surface area contributed by atoms with Crippen molar-refractivity contribution in [2.75, 3.05) is 19.7 Å². The van der Waals surface area contributed by atoms with Gasteiger partial charge in [-0.05, 0) is 25.0 Å². The van der Waals surface area contributed by atoms with Gasteiger partial charge in [0.25, 0.3) is 5.91 Å². The molecule has 2 aliphatic heterocycles. The Morgan fingerprint density at radius 3 is 2.90 bits per heavy atom. The highest BCUT2D eigenvalue weighted by Crippen LogP contribution is 2.28. The van der Waals surface area contributed by atoms with Gasteiger partial charge in [0, 0.05) is 43.4 Å². The number of nitrogens with zero attached hydrogens (tertiary/aromatic N) is 5. The van der Waals surface area contributed by atoms with E-state index in [9.17, 15) is 9.59 Å². The van der Waals surface area contributed by atoms with Crippen LogP contribution < -0.4 is 0 Å². The summed E-state index contributed by atoms with van der Waals surface area (Å²) < 4.78 is 3.86. The number of hydrogen-bond acceptors (Lipinski definition) is 4. The standard InChI is InChI=1S/C22H25N5O3/c1-24-15-19(18-6-2-3-7-20(18)24)22(29)25-13-16-8-9-23-27(16)17(14-25)12-21(28)26-10-4-5-11-30-26/h2-3,6-9,15,17H,4-5,10-14H2,1H3/t17-/m0/s1. The molecule has 5 rings (SSSR count). The molecule has 3 aromatic rings. The quantitative estimate of drug-likeness (QED) is 0.669. The van der Waals surface area contributed by atoms with Crippen LogP contribution in [-0.4, -0.2) is 55.8 Å². The Bertz CT molecular complexity index is 1100. The number of rotatable bonds is 3. The molecule has 2 amide bonds. The summed E-state index contributed by atoms with van der Waals surface area (Å²) in [4.78, 5) is 33.6. The van der Waals surface area contributed by atoms with E-state index in [4.69, 9.17) is 4.84 Å². The fraction of sp³-hybridized carbons (Fsp3) is 0.409. The molecule has 1 saturated heterocycles. The second-order valence-corrected chi connectivity index (χ2v) is 8.02. The number of hydroxylamine groups is 2. The third-order valence-corrected chi connectivity index (χ3v) is 5.99. The van der Waals surface area contributed by atoms with Gasteiger partial charge in [-0.2, -0.15) is 5.10 Å². The van der Waals surface area contributed by atoms with Crippen LogP contribution in [0.3, 0.4) is 0 Å². The van der Waals surface area contributed by atoms with Crippen molar-refractivity contribution in [1.29, 1.82) is 0 Å². The van der Waals surface area contributed by atoms with Gasteiger partial charge >= 0.3 is 0 Å². The second kappa shape index (κ2) is 7.60. The predicted octanol–water partition coefficient (Wildman–Crippen LogP) is 2.52. The molecule has 0 saturated carbocycles. The number of hydrogen-bond donors (Lipinski definition) is 0. The monoisotopic (exact) mass is 407 g/mol. The van der Waals surface area contributed by atoms with E-state index in [1.54, 1.807) is 6.20 Å². The fourth-order valence-electron chi connectivity index (χ4n) is 4.47. The fourth-order valence-corrected chi connectivity index (χ4v) is 4.47. The summed E-state index contributed by atoms with van der Waals surface area (Å²) in [5, 5.41) is 6.83. The van der Waals surface area contributed by atoms with Gasteiger partial charge in [-0.1, -0.05) is 18.2 Å². The van der Waals surface area contributed by atoms with E-state index in [1.807, 2.05) is 57.7 Å². The minimum Gasteiger partial charge on any atom is -0.350 e. The highest BCUT2D eigenvalue weighted by molar-refractivity contribution is 6.07. The highest BCUT2D eigenvalue weighted by atomic mass is 16.7. The molecule has 1 fully saturated rings. The molecule has 2 aliphatic rings. The van der Waals surface area contributed by atoms with Gasteiger partial charge in [0.15, 0.2) is 0 Å². The van der Waals surface area contributed by atoms with Crippen molar-refractivity contribution in [3.8, 4) is 0 Å². The molecule has 8 heteroatoms. The van der Waals surface area contributed by atoms with Crippen LogP contribution in [0.5, 0.6) is 0 Å². The third-order valence-electron chi connectivity index (χ3n) is 5.99. The van der Waals surface area contributed by atoms with Crippen LogP contribution in [-0.2, 0) is 23.2 Å². The average Bonchev–Trinajstić information content (AvgIpc) is 3.39. The maximum absolute atomic E-state index is 13.5. The van der Waals surface area contributed by atoms with Crippen LogP contribution in [0.1, 0.15) is 41.4 Å². The van der Waals surface area contributed by atoms with E-state index in [0.29, 0.717) is 31.8 Å². The molecule has 4 heterocycles. The van der Waals surface area contributed by atoms with E-state index < -0.39 is 0 Å². The van der Waals surface area contributed by atoms with Crippen LogP contribution in [0.25, 0.3) is 10.9 Å². The molecule has 30 heavy (non-hydrogen) atoms. The number of aryl methyl sites for hydroxylation is 1. The zero-order valence-corrected chi connectivity index (χ0v) is 17.0. The zero-order chi connectivity index (χ0) is 20.7. The average molecular weight is 407 g/mol. The molecule has 0 bridgehead atoms. The number of amides is 2. The Balaban J connectivity index is 1.40. The van der Waals surface area contributed by atoms with Gasteiger partial charge in [-0.25, -0.2) is 5.06 Å². The van der Waals surface area contributed by atoms with Crippen LogP contribution >= 0.6 is 0 Å². The Labute approximate surface area is 174 Å². The number of fused-ring (bicyclic) bond motifs is 2. The van der Waals surface area contributed by atoms with Crippen molar-refractivity contribution in [1.82, 2.24) is 24.3 Å². The highest BCUT2D eigenvalue weighted by Gasteiger charge is 2.33. The van der Waals surface area contributed by atoms with E-state index >= 15 is 0 Å². The molecular weight excluding hydrogens is 382 g/mol. The summed E-state index contributed by atoms with van der Waals surface area (Å²) in [5.74, 6) is -0.0773. The summed E-state index contributed by atoms with van der Waals surface area (Å²) >= 11 is 0. The van der Waals surface area contributed by atoms with Gasteiger partial charge < -0.3 is 9.47 Å². The number of benzene rings is 1. The lowest BCUT2D eigenvalue weighted by molar-refractivity contribution is -0.198. The molecule has 8 nitrogen and oxygen atoms in total. The number of carbonyl (C=O) groups excluding carboxylic acids is 2. The first-order valence-electron chi connectivity index (χ1n) is 10.4. The minimum atomic E-state index is -0.208. The molecule has 2 aromatic heterocycles. The Morgan fingerprint density at radius 1 is 1.20 bits per heavy atom. The predicted molar refractivity (Wildman–Crippen MR) is 110 cm³/mol. The van der Waals surface area contributed by atoms with Crippen LogP contribution in [0.2, 0.25) is 0 Å². The van der Waals surface area contributed by atoms with Gasteiger partial charge in [0.2, 0.25) is 5.91 Å². The lowest BCUT2D eigenvalue weighted by Gasteiger charge is -2.35. The van der Waals surface area contributed by atoms with Crippen molar-refractivity contribution in [2.45, 2.75) is 31.8 Å². The first-order valence-corrected chi connectivity index (χ1v) is 10.4. The summed E-state index contributed by atoms with van der Waals surface area (Å²) in [6.45, 7) is 2.12. The van der Waals surface area contributed by atoms with Crippen molar-refractivity contribution in [3.05, 3.63) is 54.0 Å². The first kappa shape index (κ1) is 18.9. The van der Waals surface area contributed by atoms with Gasteiger partial charge in [0.05, 0.1) is 36.9 Å². The zero-order valence-electron chi connectivity index (χ0n) is 17.0. The van der Waals surface area contributed by atoms with Crippen molar-refractivity contribution in [3.63, 3.8) is 0 Å². The van der Waals surface area contributed by atoms with Gasteiger partial charge in [-0.15, -0.1) is 0 Å². The van der Waals surface area contributed by atoms with E-state index in [-0.39, 0.29) is 24.3 Å². The molecule has 156 valence electrons. The SMILES string of the molecule is Cn1cc(C(=O)N2Cc3ccnn3[C@@H](CC(=O)N3CCCCO3)C2)c2ccccc21. The van der Waals surface area contributed by atoms with E-state index in [1.165, 1.54) is 5.06 Å². The third kappa shape index (κ3) is 3.27. The number of para-hydroxylation sites is 1. The molecule has 0 spiro atoms. The molecule has 1 aromatic carbocycles. The maximum atomic E-state index is 13.5. The summed E-state index contributed by atoms with van der Waals surface area (Å²) in [6.07, 6.45) is 5.81. The molecule has 0 unspecified atom stereocenters. The smallest absolute Gasteiger partial charge is 0.256 e. The lowest BCUT2D eigenvalue weighted by atomic mass is 10.1. The molecular formula is C22H25N5O3. The van der Waals surface area contributed by atoms with Crippen LogP contribution in [0.4, 0.5) is 0 Å². The van der Waals surface area contributed by atoms with E-state index in [2.05, 4.69) is 5.10 Å². The van der Waals surface area contributed by atoms with Crippen LogP contribution in [0, 0.1) is 0 Å². The van der Waals surface area contributed by atoms with Crippen molar-refractivity contribution >= 4 is 22.7 Å². The summed E-state index contributed by atoms with van der Waals surface area (Å²) in [5.41, 5.74) is 2.65. The Kier molecular flexibility index (Phi) is 4.78.